The number of ether oxygens (including phenoxy) is 1. The number of hydrogen-bond donors (Lipinski definition) is 2. The van der Waals surface area contributed by atoms with Crippen molar-refractivity contribution in [3.63, 3.8) is 0 Å². The summed E-state index contributed by atoms with van der Waals surface area (Å²) in [4.78, 5) is 17.5. The zero-order chi connectivity index (χ0) is 16.2. The van der Waals surface area contributed by atoms with E-state index in [0.717, 1.165) is 20.1 Å². The van der Waals surface area contributed by atoms with Crippen LogP contribution in [0, 0.1) is 0 Å². The second-order valence-electron chi connectivity index (χ2n) is 4.45. The normalized spacial score (nSPS) is 10.3. The summed E-state index contributed by atoms with van der Waals surface area (Å²) < 4.78 is 6.13. The number of hydrogen-bond acceptors (Lipinski definition) is 5. The van der Waals surface area contributed by atoms with Crippen LogP contribution in [0.3, 0.4) is 0 Å². The number of thiophene rings is 1. The van der Waals surface area contributed by atoms with Crippen LogP contribution in [-0.2, 0) is 0 Å². The number of nitrogens with one attached hydrogen (secondary N) is 2. The minimum Gasteiger partial charge on any atom is -0.497 e. The van der Waals surface area contributed by atoms with E-state index in [4.69, 9.17) is 4.74 Å². The number of aromatic nitrogens is 1. The molecule has 23 heavy (non-hydrogen) atoms. The fourth-order valence-corrected chi connectivity index (χ4v) is 3.96. The monoisotopic (exact) mass is 409 g/mol. The molecule has 2 heterocycles. The van der Waals surface area contributed by atoms with Crippen molar-refractivity contribution in [2.75, 3.05) is 17.7 Å². The molecule has 0 aliphatic carbocycles. The zero-order valence-corrected chi connectivity index (χ0v) is 15.2. The predicted octanol–water partition coefficient (Wildman–Crippen LogP) is 5.29. The molecular formula is C15H12BrN3O2S2. The molecule has 0 radical (unpaired) electrons. The van der Waals surface area contributed by atoms with Crippen LogP contribution in [0.15, 0.2) is 45.6 Å². The largest absolute Gasteiger partial charge is 0.497 e. The van der Waals surface area contributed by atoms with Crippen molar-refractivity contribution in [3.05, 3.63) is 45.6 Å². The second kappa shape index (κ2) is 7.12. The summed E-state index contributed by atoms with van der Waals surface area (Å²) in [6.07, 6.45) is 0. The van der Waals surface area contributed by atoms with Crippen molar-refractivity contribution < 1.29 is 9.53 Å². The van der Waals surface area contributed by atoms with Gasteiger partial charge in [-0.05, 0) is 52.3 Å². The summed E-state index contributed by atoms with van der Waals surface area (Å²) in [6, 6.07) is 10.7. The van der Waals surface area contributed by atoms with Gasteiger partial charge in [0.1, 0.15) is 5.75 Å². The summed E-state index contributed by atoms with van der Waals surface area (Å²) in [5.74, 6) is 0.739. The molecule has 0 atom stereocenters. The van der Waals surface area contributed by atoms with Gasteiger partial charge in [-0.1, -0.05) is 0 Å². The first-order chi connectivity index (χ1) is 11.1. The Morgan fingerprint density at radius 2 is 1.96 bits per heavy atom. The number of carbonyl (C=O) groups is 1. The van der Waals surface area contributed by atoms with Gasteiger partial charge in [-0.25, -0.2) is 9.78 Å². The maximum atomic E-state index is 12.0. The third kappa shape index (κ3) is 4.10. The zero-order valence-electron chi connectivity index (χ0n) is 12.0. The highest BCUT2D eigenvalue weighted by Gasteiger charge is 2.09. The molecule has 3 rings (SSSR count). The van der Waals surface area contributed by atoms with Crippen molar-refractivity contribution in [2.45, 2.75) is 0 Å². The molecule has 1 aromatic carbocycles. The topological polar surface area (TPSA) is 63.2 Å². The van der Waals surface area contributed by atoms with Gasteiger partial charge in [0.05, 0.1) is 21.5 Å². The molecule has 0 bridgehead atoms. The quantitative estimate of drug-likeness (QED) is 0.615. The van der Waals surface area contributed by atoms with Crippen LogP contribution in [0.5, 0.6) is 5.75 Å². The standard InChI is InChI=1S/C15H12BrN3O2S2/c1-21-10-4-2-9(3-5-10)17-14(20)19-15-18-11(8-22-15)12-6-7-13(16)23-12/h2-8H,1H3,(H2,17,18,19,20). The Bertz CT molecular complexity index is 814. The van der Waals surface area contributed by atoms with E-state index in [0.29, 0.717) is 10.8 Å². The second-order valence-corrected chi connectivity index (χ2v) is 7.77. The van der Waals surface area contributed by atoms with E-state index < -0.39 is 0 Å². The number of benzene rings is 1. The van der Waals surface area contributed by atoms with Gasteiger partial charge < -0.3 is 10.1 Å². The van der Waals surface area contributed by atoms with E-state index in [9.17, 15) is 4.79 Å². The lowest BCUT2D eigenvalue weighted by Crippen LogP contribution is -2.19. The van der Waals surface area contributed by atoms with Crippen molar-refractivity contribution in [1.82, 2.24) is 4.98 Å². The van der Waals surface area contributed by atoms with Crippen molar-refractivity contribution in [3.8, 4) is 16.3 Å². The highest BCUT2D eigenvalue weighted by molar-refractivity contribution is 9.11. The fraction of sp³-hybridized carbons (Fsp3) is 0.0667. The van der Waals surface area contributed by atoms with Crippen LogP contribution in [-0.4, -0.2) is 18.1 Å². The Hall–Kier alpha value is -1.90. The number of nitrogens with zero attached hydrogens (tertiary/aromatic N) is 1. The third-order valence-electron chi connectivity index (χ3n) is 2.90. The summed E-state index contributed by atoms with van der Waals surface area (Å²) in [5.41, 5.74) is 1.53. The summed E-state index contributed by atoms with van der Waals surface area (Å²) >= 11 is 6.42. The molecule has 118 valence electrons. The molecule has 2 N–H and O–H groups in total. The Kier molecular flexibility index (Phi) is 4.94. The first kappa shape index (κ1) is 16.0. The summed E-state index contributed by atoms with van der Waals surface area (Å²) in [6.45, 7) is 0. The van der Waals surface area contributed by atoms with Gasteiger partial charge in [-0.3, -0.25) is 5.32 Å². The molecule has 3 aromatic rings. The minimum absolute atomic E-state index is 0.330. The maximum absolute atomic E-state index is 12.0. The lowest BCUT2D eigenvalue weighted by Gasteiger charge is -2.06. The number of halogens is 1. The van der Waals surface area contributed by atoms with E-state index in [1.54, 1.807) is 42.7 Å². The van der Waals surface area contributed by atoms with Crippen LogP contribution >= 0.6 is 38.6 Å². The van der Waals surface area contributed by atoms with Gasteiger partial charge in [0.15, 0.2) is 5.13 Å². The van der Waals surface area contributed by atoms with Crippen LogP contribution < -0.4 is 15.4 Å². The molecule has 5 nitrogen and oxygen atoms in total. The molecule has 2 amide bonds. The number of amides is 2. The third-order valence-corrected chi connectivity index (χ3v) is 5.30. The van der Waals surface area contributed by atoms with Crippen molar-refractivity contribution in [2.24, 2.45) is 0 Å². The smallest absolute Gasteiger partial charge is 0.325 e. The number of thiazole rings is 1. The number of methoxy groups -OCH3 is 1. The highest BCUT2D eigenvalue weighted by Crippen LogP contribution is 2.33. The van der Waals surface area contributed by atoms with Gasteiger partial charge >= 0.3 is 6.03 Å². The van der Waals surface area contributed by atoms with Gasteiger partial charge in [0, 0.05) is 11.1 Å². The molecule has 0 spiro atoms. The molecule has 0 fully saturated rings. The Morgan fingerprint density at radius 3 is 2.61 bits per heavy atom. The van der Waals surface area contributed by atoms with E-state index in [1.807, 2.05) is 17.5 Å². The number of anilines is 2. The van der Waals surface area contributed by atoms with Crippen molar-refractivity contribution >= 4 is 55.5 Å². The lowest BCUT2D eigenvalue weighted by molar-refractivity contribution is 0.262. The van der Waals surface area contributed by atoms with Gasteiger partial charge in [-0.15, -0.1) is 22.7 Å². The van der Waals surface area contributed by atoms with E-state index in [-0.39, 0.29) is 6.03 Å². The molecule has 0 unspecified atom stereocenters. The Labute approximate surface area is 149 Å². The fourth-order valence-electron chi connectivity index (χ4n) is 1.83. The molecule has 8 heteroatoms. The molecule has 0 saturated carbocycles. The summed E-state index contributed by atoms with van der Waals surface area (Å²) in [5, 5.41) is 7.96. The van der Waals surface area contributed by atoms with Gasteiger partial charge in [0.2, 0.25) is 0 Å². The molecule has 2 aromatic heterocycles. The average molecular weight is 410 g/mol. The number of rotatable bonds is 4. The van der Waals surface area contributed by atoms with E-state index in [2.05, 4.69) is 31.5 Å². The minimum atomic E-state index is -0.330. The predicted molar refractivity (Wildman–Crippen MR) is 98.8 cm³/mol. The SMILES string of the molecule is COc1ccc(NC(=O)Nc2nc(-c3ccc(Br)s3)cs2)cc1. The lowest BCUT2D eigenvalue weighted by atomic mass is 10.3. The highest BCUT2D eigenvalue weighted by atomic mass is 79.9. The molecular weight excluding hydrogens is 398 g/mol. The maximum Gasteiger partial charge on any atom is 0.325 e. The van der Waals surface area contributed by atoms with Crippen LogP contribution in [0.25, 0.3) is 10.6 Å². The Balaban J connectivity index is 1.62. The molecule has 0 aliphatic rings. The first-order valence-electron chi connectivity index (χ1n) is 6.57. The Morgan fingerprint density at radius 1 is 1.17 bits per heavy atom. The van der Waals surface area contributed by atoms with Gasteiger partial charge in [-0.2, -0.15) is 0 Å². The summed E-state index contributed by atoms with van der Waals surface area (Å²) in [7, 11) is 1.60. The van der Waals surface area contributed by atoms with Crippen LogP contribution in [0.1, 0.15) is 0 Å². The average Bonchev–Trinajstić information content (AvgIpc) is 3.17. The number of urea groups is 1. The van der Waals surface area contributed by atoms with Crippen LogP contribution in [0.4, 0.5) is 15.6 Å². The van der Waals surface area contributed by atoms with E-state index in [1.165, 1.54) is 11.3 Å². The van der Waals surface area contributed by atoms with E-state index >= 15 is 0 Å². The van der Waals surface area contributed by atoms with Gasteiger partial charge in [0.25, 0.3) is 0 Å². The molecule has 0 aliphatic heterocycles. The molecule has 0 saturated heterocycles. The van der Waals surface area contributed by atoms with Crippen LogP contribution in [0.2, 0.25) is 0 Å². The van der Waals surface area contributed by atoms with Crippen molar-refractivity contribution in [1.29, 1.82) is 0 Å². The number of carbonyl (C=O) groups excluding carboxylic acids is 1. The first-order valence-corrected chi connectivity index (χ1v) is 9.06.